The zero-order valence-electron chi connectivity index (χ0n) is 14.7. The van der Waals surface area contributed by atoms with E-state index in [0.717, 1.165) is 42.7 Å². The molecule has 1 amide bonds. The molecule has 158 valence electrons. The summed E-state index contributed by atoms with van der Waals surface area (Å²) < 4.78 is 100. The second-order valence-corrected chi connectivity index (χ2v) is 7.84. The molecule has 0 aliphatic carbocycles. The lowest BCUT2D eigenvalue weighted by molar-refractivity contribution is -0.138. The van der Waals surface area contributed by atoms with E-state index in [9.17, 15) is 39.6 Å². The van der Waals surface area contributed by atoms with Gasteiger partial charge in [0, 0.05) is 5.69 Å². The van der Waals surface area contributed by atoms with Gasteiger partial charge in [-0.2, -0.15) is 26.3 Å². The Kier molecular flexibility index (Phi) is 6.16. The number of alkyl halides is 6. The van der Waals surface area contributed by atoms with E-state index in [0.29, 0.717) is 16.4 Å². The van der Waals surface area contributed by atoms with Crippen molar-refractivity contribution in [1.82, 2.24) is 0 Å². The number of carbonyl (C=O) groups is 1. The van der Waals surface area contributed by atoms with Gasteiger partial charge in [-0.3, -0.25) is 9.10 Å². The Labute approximate surface area is 162 Å². The maximum Gasteiger partial charge on any atom is 0.416 e. The number of rotatable bonds is 5. The SMILES string of the molecule is CS(=O)(=O)N(CC(=O)Nc1ccc(C(F)(F)F)cc1)c1ccc(C(F)(F)F)cc1. The Hall–Kier alpha value is -2.76. The fraction of sp³-hybridized carbons (Fsp3) is 0.235. The first-order valence-corrected chi connectivity index (χ1v) is 9.65. The van der Waals surface area contributed by atoms with Crippen molar-refractivity contribution in [3.8, 4) is 0 Å². The van der Waals surface area contributed by atoms with Crippen LogP contribution in [-0.4, -0.2) is 27.1 Å². The van der Waals surface area contributed by atoms with Gasteiger partial charge >= 0.3 is 12.4 Å². The van der Waals surface area contributed by atoms with Gasteiger partial charge in [-0.15, -0.1) is 0 Å². The largest absolute Gasteiger partial charge is 0.416 e. The van der Waals surface area contributed by atoms with Crippen LogP contribution in [-0.2, 0) is 27.2 Å². The number of nitrogens with one attached hydrogen (secondary N) is 1. The highest BCUT2D eigenvalue weighted by Gasteiger charge is 2.31. The molecular weight excluding hydrogens is 426 g/mol. The molecule has 12 heteroatoms. The van der Waals surface area contributed by atoms with Crippen LogP contribution < -0.4 is 9.62 Å². The van der Waals surface area contributed by atoms with Crippen molar-refractivity contribution in [2.45, 2.75) is 12.4 Å². The van der Waals surface area contributed by atoms with Crippen LogP contribution >= 0.6 is 0 Å². The minimum Gasteiger partial charge on any atom is -0.325 e. The van der Waals surface area contributed by atoms with Gasteiger partial charge in [0.1, 0.15) is 6.54 Å². The van der Waals surface area contributed by atoms with Gasteiger partial charge in [-0.25, -0.2) is 8.42 Å². The third-order valence-corrected chi connectivity index (χ3v) is 4.81. The molecule has 1 N–H and O–H groups in total. The number of hydrogen-bond donors (Lipinski definition) is 1. The third kappa shape index (κ3) is 6.11. The number of hydrogen-bond acceptors (Lipinski definition) is 3. The highest BCUT2D eigenvalue weighted by molar-refractivity contribution is 7.92. The normalized spacial score (nSPS) is 12.5. The minimum absolute atomic E-state index is 0.0103. The van der Waals surface area contributed by atoms with E-state index in [-0.39, 0.29) is 11.4 Å². The summed E-state index contributed by atoms with van der Waals surface area (Å²) in [4.78, 5) is 12.1. The molecule has 2 aromatic carbocycles. The second kappa shape index (κ2) is 7.93. The first kappa shape index (κ1) is 22.5. The predicted molar refractivity (Wildman–Crippen MR) is 93.7 cm³/mol. The number of sulfonamides is 1. The molecule has 2 aromatic rings. The molecule has 0 radical (unpaired) electrons. The van der Waals surface area contributed by atoms with Gasteiger partial charge in [-0.05, 0) is 48.5 Å². The Morgan fingerprint density at radius 1 is 0.862 bits per heavy atom. The van der Waals surface area contributed by atoms with Crippen LogP contribution in [0.1, 0.15) is 11.1 Å². The van der Waals surface area contributed by atoms with Crippen LogP contribution in [0, 0.1) is 0 Å². The zero-order valence-corrected chi connectivity index (χ0v) is 15.5. The van der Waals surface area contributed by atoms with Crippen molar-refractivity contribution in [1.29, 1.82) is 0 Å². The van der Waals surface area contributed by atoms with E-state index in [1.807, 2.05) is 0 Å². The van der Waals surface area contributed by atoms with Crippen molar-refractivity contribution >= 4 is 27.3 Å². The smallest absolute Gasteiger partial charge is 0.325 e. The lowest BCUT2D eigenvalue weighted by Gasteiger charge is -2.22. The molecule has 29 heavy (non-hydrogen) atoms. The molecule has 0 aliphatic heterocycles. The van der Waals surface area contributed by atoms with Crippen molar-refractivity contribution in [3.63, 3.8) is 0 Å². The predicted octanol–water partition coefficient (Wildman–Crippen LogP) is 4.13. The van der Waals surface area contributed by atoms with E-state index >= 15 is 0 Å². The first-order valence-electron chi connectivity index (χ1n) is 7.80. The molecule has 0 bridgehead atoms. The molecule has 0 heterocycles. The number of amides is 1. The molecule has 5 nitrogen and oxygen atoms in total. The van der Waals surface area contributed by atoms with Gasteiger partial charge < -0.3 is 5.32 Å². The number of carbonyl (C=O) groups excluding carboxylic acids is 1. The van der Waals surface area contributed by atoms with Crippen LogP contribution in [0.25, 0.3) is 0 Å². The molecule has 0 spiro atoms. The van der Waals surface area contributed by atoms with Crippen LogP contribution in [0.4, 0.5) is 37.7 Å². The summed E-state index contributed by atoms with van der Waals surface area (Å²) in [5.74, 6) is -0.893. The second-order valence-electron chi connectivity index (χ2n) is 5.94. The average molecular weight is 440 g/mol. The fourth-order valence-electron chi connectivity index (χ4n) is 2.29. The summed E-state index contributed by atoms with van der Waals surface area (Å²) in [5.41, 5.74) is -2.12. The Morgan fingerprint density at radius 2 is 1.28 bits per heavy atom. The highest BCUT2D eigenvalue weighted by Crippen LogP contribution is 2.31. The van der Waals surface area contributed by atoms with E-state index in [1.165, 1.54) is 0 Å². The van der Waals surface area contributed by atoms with Gasteiger partial charge in [0.2, 0.25) is 15.9 Å². The van der Waals surface area contributed by atoms with Gasteiger partial charge in [0.15, 0.2) is 0 Å². The molecule has 0 unspecified atom stereocenters. The van der Waals surface area contributed by atoms with E-state index in [1.54, 1.807) is 0 Å². The molecule has 0 aromatic heterocycles. The summed E-state index contributed by atoms with van der Waals surface area (Å²) in [6, 6.07) is 6.58. The monoisotopic (exact) mass is 440 g/mol. The summed E-state index contributed by atoms with van der Waals surface area (Å²) in [6.45, 7) is -0.786. The summed E-state index contributed by atoms with van der Waals surface area (Å²) >= 11 is 0. The summed E-state index contributed by atoms with van der Waals surface area (Å²) in [5, 5.41) is 2.24. The quantitative estimate of drug-likeness (QED) is 0.712. The molecule has 0 atom stereocenters. The number of halogens is 6. The standard InChI is InChI=1S/C17H14F6N2O3S/c1-29(27,28)25(14-8-4-12(5-9-14)17(21,22)23)10-15(26)24-13-6-2-11(3-7-13)16(18,19)20/h2-9H,10H2,1H3,(H,24,26). The molecule has 0 saturated heterocycles. The lowest BCUT2D eigenvalue weighted by atomic mass is 10.2. The highest BCUT2D eigenvalue weighted by atomic mass is 32.2. The summed E-state index contributed by atoms with van der Waals surface area (Å²) in [7, 11) is -4.04. The number of benzene rings is 2. The first-order chi connectivity index (χ1) is 13.2. The third-order valence-electron chi connectivity index (χ3n) is 3.67. The fourth-order valence-corrected chi connectivity index (χ4v) is 3.15. The maximum absolute atomic E-state index is 12.6. The number of anilines is 2. The Morgan fingerprint density at radius 3 is 1.66 bits per heavy atom. The van der Waals surface area contributed by atoms with Gasteiger partial charge in [0.05, 0.1) is 23.1 Å². The van der Waals surface area contributed by atoms with Gasteiger partial charge in [-0.1, -0.05) is 0 Å². The average Bonchev–Trinajstić information content (AvgIpc) is 2.58. The van der Waals surface area contributed by atoms with E-state index in [4.69, 9.17) is 0 Å². The van der Waals surface area contributed by atoms with Crippen molar-refractivity contribution < 1.29 is 39.6 Å². The minimum atomic E-state index is -4.62. The molecule has 0 fully saturated rings. The Balaban J connectivity index is 2.17. The summed E-state index contributed by atoms with van der Waals surface area (Å²) in [6.07, 6.45) is -8.41. The zero-order chi connectivity index (χ0) is 22.0. The molecule has 0 saturated carbocycles. The lowest BCUT2D eigenvalue weighted by Crippen LogP contribution is -2.37. The van der Waals surface area contributed by atoms with Crippen LogP contribution in [0.15, 0.2) is 48.5 Å². The van der Waals surface area contributed by atoms with Crippen molar-refractivity contribution in [3.05, 3.63) is 59.7 Å². The Bertz CT molecular complexity index is 968. The maximum atomic E-state index is 12.6. The van der Waals surface area contributed by atoms with Crippen molar-refractivity contribution in [2.24, 2.45) is 0 Å². The topological polar surface area (TPSA) is 66.5 Å². The van der Waals surface area contributed by atoms with E-state index < -0.39 is 46.0 Å². The van der Waals surface area contributed by atoms with Crippen LogP contribution in [0.5, 0.6) is 0 Å². The van der Waals surface area contributed by atoms with Crippen LogP contribution in [0.2, 0.25) is 0 Å². The van der Waals surface area contributed by atoms with Crippen molar-refractivity contribution in [2.75, 3.05) is 22.4 Å². The van der Waals surface area contributed by atoms with Gasteiger partial charge in [0.25, 0.3) is 0 Å². The molecule has 2 rings (SSSR count). The molecular formula is C17H14F6N2O3S. The molecule has 0 aliphatic rings. The van der Waals surface area contributed by atoms with Crippen LogP contribution in [0.3, 0.4) is 0 Å². The van der Waals surface area contributed by atoms with E-state index in [2.05, 4.69) is 5.32 Å². The number of nitrogens with zero attached hydrogens (tertiary/aromatic N) is 1.